The number of esters is 1. The summed E-state index contributed by atoms with van der Waals surface area (Å²) in [6, 6.07) is 7.35. The molecule has 0 aliphatic heterocycles. The van der Waals surface area contributed by atoms with Crippen molar-refractivity contribution in [3.63, 3.8) is 0 Å². The number of hydrogen-bond donors (Lipinski definition) is 0. The van der Waals surface area contributed by atoms with E-state index in [1.54, 1.807) is 16.8 Å². The molecular formula is C16H20N2O3. The topological polar surface area (TPSA) is 53.4 Å². The van der Waals surface area contributed by atoms with Crippen LogP contribution in [-0.4, -0.2) is 22.4 Å². The number of ether oxygens (including phenoxy) is 2. The molecule has 0 bridgehead atoms. The fourth-order valence-electron chi connectivity index (χ4n) is 1.97. The summed E-state index contributed by atoms with van der Waals surface area (Å²) in [5.74, 6) is 0.230. The smallest absolute Gasteiger partial charge is 0.338 e. The van der Waals surface area contributed by atoms with Gasteiger partial charge in [-0.1, -0.05) is 19.1 Å². The third kappa shape index (κ3) is 3.84. The van der Waals surface area contributed by atoms with Crippen molar-refractivity contribution in [1.82, 2.24) is 9.78 Å². The van der Waals surface area contributed by atoms with E-state index in [-0.39, 0.29) is 5.97 Å². The van der Waals surface area contributed by atoms with Gasteiger partial charge in [-0.3, -0.25) is 4.68 Å². The number of benzene rings is 1. The van der Waals surface area contributed by atoms with Crippen LogP contribution in [0.4, 0.5) is 0 Å². The van der Waals surface area contributed by atoms with Crippen molar-refractivity contribution in [3.8, 4) is 5.88 Å². The molecular weight excluding hydrogens is 268 g/mol. The second-order valence-corrected chi connectivity index (χ2v) is 4.85. The van der Waals surface area contributed by atoms with Gasteiger partial charge in [-0.05, 0) is 25.0 Å². The van der Waals surface area contributed by atoms with Crippen LogP contribution in [0.3, 0.4) is 0 Å². The Balaban J connectivity index is 2.15. The highest BCUT2D eigenvalue weighted by atomic mass is 16.5. The van der Waals surface area contributed by atoms with Crippen LogP contribution >= 0.6 is 0 Å². The van der Waals surface area contributed by atoms with Crippen LogP contribution in [0.15, 0.2) is 30.5 Å². The van der Waals surface area contributed by atoms with E-state index in [1.807, 2.05) is 39.2 Å². The monoisotopic (exact) mass is 288 g/mol. The molecule has 2 rings (SSSR count). The van der Waals surface area contributed by atoms with Gasteiger partial charge in [0, 0.05) is 24.9 Å². The van der Waals surface area contributed by atoms with Gasteiger partial charge in [0.15, 0.2) is 0 Å². The number of carbonyl (C=O) groups excluding carboxylic acids is 1. The van der Waals surface area contributed by atoms with Crippen molar-refractivity contribution in [1.29, 1.82) is 0 Å². The lowest BCUT2D eigenvalue weighted by atomic mass is 10.0. The van der Waals surface area contributed by atoms with Gasteiger partial charge in [-0.2, -0.15) is 0 Å². The largest absolute Gasteiger partial charge is 0.472 e. The second kappa shape index (κ2) is 6.92. The number of nitrogens with zero attached hydrogens (tertiary/aromatic N) is 2. The molecule has 0 fully saturated rings. The predicted molar refractivity (Wildman–Crippen MR) is 79.3 cm³/mol. The summed E-state index contributed by atoms with van der Waals surface area (Å²) >= 11 is 0. The quantitative estimate of drug-likeness (QED) is 0.767. The van der Waals surface area contributed by atoms with E-state index >= 15 is 0 Å². The highest BCUT2D eigenvalue weighted by molar-refractivity contribution is 5.91. The van der Waals surface area contributed by atoms with Gasteiger partial charge in [-0.25, -0.2) is 4.79 Å². The maximum atomic E-state index is 12.1. The molecule has 0 amide bonds. The fraction of sp³-hybridized carbons (Fsp3) is 0.375. The summed E-state index contributed by atoms with van der Waals surface area (Å²) in [7, 11) is 1.83. The lowest BCUT2D eigenvalue weighted by molar-refractivity contribution is 0.0502. The van der Waals surface area contributed by atoms with E-state index in [0.717, 1.165) is 17.5 Å². The lowest BCUT2D eigenvalue weighted by Crippen LogP contribution is -2.12. The zero-order chi connectivity index (χ0) is 15.2. The van der Waals surface area contributed by atoms with Gasteiger partial charge in [0.2, 0.25) is 5.88 Å². The number of aryl methyl sites for hydroxylation is 2. The first-order valence-corrected chi connectivity index (χ1v) is 7.00. The van der Waals surface area contributed by atoms with Crippen LogP contribution in [0.25, 0.3) is 0 Å². The molecule has 1 heterocycles. The Morgan fingerprint density at radius 2 is 2.14 bits per heavy atom. The lowest BCUT2D eigenvalue weighted by Gasteiger charge is -2.12. The molecule has 0 aliphatic carbocycles. The Morgan fingerprint density at radius 3 is 2.81 bits per heavy atom. The van der Waals surface area contributed by atoms with Gasteiger partial charge in [0.05, 0.1) is 12.2 Å². The van der Waals surface area contributed by atoms with Crippen LogP contribution in [0.1, 0.15) is 34.8 Å². The van der Waals surface area contributed by atoms with Crippen molar-refractivity contribution in [2.75, 3.05) is 6.61 Å². The first-order valence-electron chi connectivity index (χ1n) is 7.00. The minimum absolute atomic E-state index is 0.292. The Labute approximate surface area is 124 Å². The van der Waals surface area contributed by atoms with Crippen molar-refractivity contribution in [2.24, 2.45) is 7.05 Å². The number of aromatic nitrogens is 2. The summed E-state index contributed by atoms with van der Waals surface area (Å²) in [6.45, 7) is 4.63. The molecule has 5 heteroatoms. The number of rotatable bonds is 6. The molecule has 0 N–H and O–H groups in total. The summed E-state index contributed by atoms with van der Waals surface area (Å²) in [5, 5.41) is 4.16. The van der Waals surface area contributed by atoms with E-state index in [0.29, 0.717) is 24.7 Å². The third-order valence-corrected chi connectivity index (χ3v) is 3.12. The van der Waals surface area contributed by atoms with Crippen LogP contribution in [0, 0.1) is 6.92 Å². The van der Waals surface area contributed by atoms with Gasteiger partial charge in [0.1, 0.15) is 6.61 Å². The number of hydrogen-bond acceptors (Lipinski definition) is 4. The van der Waals surface area contributed by atoms with Crippen molar-refractivity contribution < 1.29 is 14.3 Å². The van der Waals surface area contributed by atoms with Crippen LogP contribution in [0.5, 0.6) is 5.88 Å². The van der Waals surface area contributed by atoms with E-state index < -0.39 is 0 Å². The highest BCUT2D eigenvalue weighted by Crippen LogP contribution is 2.18. The predicted octanol–water partition coefficient (Wildman–Crippen LogP) is 2.87. The molecule has 1 aromatic carbocycles. The average molecular weight is 288 g/mol. The van der Waals surface area contributed by atoms with Gasteiger partial charge >= 0.3 is 5.97 Å². The van der Waals surface area contributed by atoms with Crippen LogP contribution < -0.4 is 4.74 Å². The van der Waals surface area contributed by atoms with E-state index in [1.165, 1.54) is 0 Å². The molecule has 0 spiro atoms. The van der Waals surface area contributed by atoms with Crippen LogP contribution in [-0.2, 0) is 18.4 Å². The summed E-state index contributed by atoms with van der Waals surface area (Å²) in [6.07, 6.45) is 2.61. The highest BCUT2D eigenvalue weighted by Gasteiger charge is 2.15. The molecule has 0 unspecified atom stereocenters. The third-order valence-electron chi connectivity index (χ3n) is 3.12. The van der Waals surface area contributed by atoms with Crippen molar-refractivity contribution >= 4 is 5.97 Å². The Bertz CT molecular complexity index is 620. The summed E-state index contributed by atoms with van der Waals surface area (Å²) in [5.41, 5.74) is 2.39. The molecule has 0 saturated heterocycles. The SMILES string of the molecule is CCCOC(=O)c1cccc(C)c1COc1ccn(C)n1. The Hall–Kier alpha value is -2.30. The summed E-state index contributed by atoms with van der Waals surface area (Å²) < 4.78 is 12.5. The van der Waals surface area contributed by atoms with Gasteiger partial charge < -0.3 is 9.47 Å². The Morgan fingerprint density at radius 1 is 1.33 bits per heavy atom. The zero-order valence-corrected chi connectivity index (χ0v) is 12.6. The molecule has 21 heavy (non-hydrogen) atoms. The summed E-state index contributed by atoms with van der Waals surface area (Å²) in [4.78, 5) is 12.1. The first kappa shape index (κ1) is 15.1. The molecule has 0 saturated carbocycles. The van der Waals surface area contributed by atoms with Crippen LogP contribution in [0.2, 0.25) is 0 Å². The normalized spacial score (nSPS) is 10.4. The molecule has 112 valence electrons. The molecule has 0 radical (unpaired) electrons. The van der Waals surface area contributed by atoms with Crippen molar-refractivity contribution in [2.45, 2.75) is 26.9 Å². The first-order chi connectivity index (χ1) is 10.1. The minimum Gasteiger partial charge on any atom is -0.472 e. The molecule has 2 aromatic rings. The van der Waals surface area contributed by atoms with E-state index in [4.69, 9.17) is 9.47 Å². The standard InChI is InChI=1S/C16H20N2O3/c1-4-10-20-16(19)13-7-5-6-12(2)14(13)11-21-15-8-9-18(3)17-15/h5-9H,4,10-11H2,1-3H3. The maximum Gasteiger partial charge on any atom is 0.338 e. The molecule has 0 aliphatic rings. The fourth-order valence-corrected chi connectivity index (χ4v) is 1.97. The maximum absolute atomic E-state index is 12.1. The van der Waals surface area contributed by atoms with Gasteiger partial charge in [-0.15, -0.1) is 5.10 Å². The van der Waals surface area contributed by atoms with Gasteiger partial charge in [0.25, 0.3) is 0 Å². The van der Waals surface area contributed by atoms with E-state index in [2.05, 4.69) is 5.10 Å². The molecule has 5 nitrogen and oxygen atoms in total. The minimum atomic E-state index is -0.305. The molecule has 1 aromatic heterocycles. The zero-order valence-electron chi connectivity index (χ0n) is 12.6. The number of carbonyl (C=O) groups is 1. The van der Waals surface area contributed by atoms with Crippen molar-refractivity contribution in [3.05, 3.63) is 47.2 Å². The second-order valence-electron chi connectivity index (χ2n) is 4.85. The molecule has 0 atom stereocenters. The van der Waals surface area contributed by atoms with E-state index in [9.17, 15) is 4.79 Å². The Kier molecular flexibility index (Phi) is 4.98. The average Bonchev–Trinajstić information content (AvgIpc) is 2.89.